The molecule has 3 rings (SSSR count). The molecule has 1 aromatic carbocycles. The lowest BCUT2D eigenvalue weighted by molar-refractivity contribution is -0.159. The van der Waals surface area contributed by atoms with Crippen LogP contribution in [0.2, 0.25) is 0 Å². The molecule has 0 aliphatic carbocycles. The molecule has 0 bridgehead atoms. The van der Waals surface area contributed by atoms with E-state index >= 15 is 0 Å². The van der Waals surface area contributed by atoms with E-state index in [4.69, 9.17) is 5.26 Å². The van der Waals surface area contributed by atoms with Gasteiger partial charge in [0.1, 0.15) is 11.4 Å². The monoisotopic (exact) mass is 317 g/mol. The Morgan fingerprint density at radius 1 is 1.39 bits per heavy atom. The second kappa shape index (κ2) is 6.26. The second-order valence-corrected chi connectivity index (χ2v) is 6.51. The lowest BCUT2D eigenvalue weighted by atomic mass is 9.90. The van der Waals surface area contributed by atoms with Gasteiger partial charge >= 0.3 is 0 Å². The first-order valence-corrected chi connectivity index (χ1v) is 7.87. The van der Waals surface area contributed by atoms with Gasteiger partial charge < -0.3 is 10.0 Å². The Morgan fingerprint density at radius 3 is 2.74 bits per heavy atom. The molecule has 1 atom stereocenters. The summed E-state index contributed by atoms with van der Waals surface area (Å²) >= 11 is 0. The van der Waals surface area contributed by atoms with Crippen molar-refractivity contribution in [2.24, 2.45) is 0 Å². The Hall–Kier alpha value is -1.97. The first-order chi connectivity index (χ1) is 11.0. The zero-order valence-electron chi connectivity index (χ0n) is 12.9. The smallest absolute Gasteiger partial charge is 0.240 e. The van der Waals surface area contributed by atoms with Gasteiger partial charge in [0.15, 0.2) is 0 Å². The van der Waals surface area contributed by atoms with Gasteiger partial charge in [0.25, 0.3) is 0 Å². The van der Waals surface area contributed by atoms with Crippen LogP contribution in [-0.4, -0.2) is 52.1 Å². The van der Waals surface area contributed by atoms with Gasteiger partial charge in [0, 0.05) is 6.54 Å². The van der Waals surface area contributed by atoms with E-state index in [9.17, 15) is 14.3 Å². The van der Waals surface area contributed by atoms with Crippen molar-refractivity contribution in [1.82, 2.24) is 9.80 Å². The largest absolute Gasteiger partial charge is 0.385 e. The molecule has 0 saturated carbocycles. The number of hydrogen-bond donors (Lipinski definition) is 1. The molecule has 1 N–H and O–H groups in total. The molecule has 2 aliphatic heterocycles. The minimum atomic E-state index is -1.04. The summed E-state index contributed by atoms with van der Waals surface area (Å²) in [5, 5.41) is 18.7. The number of hydrogen-bond acceptors (Lipinski definition) is 4. The highest BCUT2D eigenvalue weighted by Gasteiger charge is 2.46. The van der Waals surface area contributed by atoms with Crippen LogP contribution in [0.4, 0.5) is 4.39 Å². The van der Waals surface area contributed by atoms with Crippen LogP contribution in [0.25, 0.3) is 0 Å². The molecule has 0 aromatic heterocycles. The average molecular weight is 317 g/mol. The highest BCUT2D eigenvalue weighted by Crippen LogP contribution is 2.28. The van der Waals surface area contributed by atoms with Crippen molar-refractivity contribution in [3.8, 4) is 6.07 Å². The molecule has 2 saturated heterocycles. The number of carbonyl (C=O) groups excluding carboxylic acids is 1. The zero-order chi connectivity index (χ0) is 16.4. The summed E-state index contributed by atoms with van der Waals surface area (Å²) in [4.78, 5) is 16.3. The number of nitriles is 1. The van der Waals surface area contributed by atoms with E-state index in [1.54, 1.807) is 17.0 Å². The minimum Gasteiger partial charge on any atom is -0.385 e. The van der Waals surface area contributed by atoms with Crippen molar-refractivity contribution in [1.29, 1.82) is 5.26 Å². The molecular weight excluding hydrogens is 297 g/mol. The Bertz CT molecular complexity index is 620. The van der Waals surface area contributed by atoms with E-state index in [1.807, 2.05) is 6.07 Å². The first-order valence-electron chi connectivity index (χ1n) is 7.87. The Labute approximate surface area is 134 Å². The third-order valence-corrected chi connectivity index (χ3v) is 4.64. The van der Waals surface area contributed by atoms with Crippen molar-refractivity contribution < 1.29 is 14.3 Å². The maximum atomic E-state index is 13.0. The van der Waals surface area contributed by atoms with Crippen molar-refractivity contribution in [3.63, 3.8) is 0 Å². The summed E-state index contributed by atoms with van der Waals surface area (Å²) in [5.74, 6) is -0.243. The SMILES string of the molecule is N#CCC1(O)CN(C(=O)C2CCCN2Cc2ccc(F)cc2)C1. The Kier molecular flexibility index (Phi) is 4.33. The summed E-state index contributed by atoms with van der Waals surface area (Å²) in [6.45, 7) is 1.93. The van der Waals surface area contributed by atoms with Gasteiger partial charge in [-0.05, 0) is 37.1 Å². The number of aliphatic hydroxyl groups is 1. The lowest BCUT2D eigenvalue weighted by Gasteiger charge is -2.46. The van der Waals surface area contributed by atoms with Gasteiger partial charge in [-0.2, -0.15) is 5.26 Å². The summed E-state index contributed by atoms with van der Waals surface area (Å²) in [6.07, 6.45) is 1.81. The summed E-state index contributed by atoms with van der Waals surface area (Å²) in [5.41, 5.74) is -0.0548. The van der Waals surface area contributed by atoms with Gasteiger partial charge in [-0.15, -0.1) is 0 Å². The number of nitrogens with zero attached hydrogens (tertiary/aromatic N) is 3. The van der Waals surface area contributed by atoms with Gasteiger partial charge in [-0.3, -0.25) is 9.69 Å². The van der Waals surface area contributed by atoms with E-state index in [0.717, 1.165) is 24.9 Å². The van der Waals surface area contributed by atoms with Gasteiger partial charge in [0.05, 0.1) is 31.6 Å². The van der Waals surface area contributed by atoms with Gasteiger partial charge in [-0.1, -0.05) is 12.1 Å². The van der Waals surface area contributed by atoms with Gasteiger partial charge in [-0.25, -0.2) is 4.39 Å². The lowest BCUT2D eigenvalue weighted by Crippen LogP contribution is -2.65. The molecule has 0 spiro atoms. The number of benzene rings is 1. The first kappa shape index (κ1) is 15.9. The van der Waals surface area contributed by atoms with E-state index in [0.29, 0.717) is 6.54 Å². The van der Waals surface area contributed by atoms with E-state index in [-0.39, 0.29) is 37.3 Å². The van der Waals surface area contributed by atoms with E-state index in [1.165, 1.54) is 12.1 Å². The fourth-order valence-electron chi connectivity index (χ4n) is 3.41. The second-order valence-electron chi connectivity index (χ2n) is 6.51. The van der Waals surface area contributed by atoms with Crippen LogP contribution < -0.4 is 0 Å². The Balaban J connectivity index is 1.60. The van der Waals surface area contributed by atoms with Gasteiger partial charge in [0.2, 0.25) is 5.91 Å². The van der Waals surface area contributed by atoms with E-state index in [2.05, 4.69) is 4.90 Å². The fraction of sp³-hybridized carbons (Fsp3) is 0.529. The van der Waals surface area contributed by atoms with Crippen LogP contribution in [0.5, 0.6) is 0 Å². The molecule has 23 heavy (non-hydrogen) atoms. The molecule has 6 heteroatoms. The predicted octanol–water partition coefficient (Wildman–Crippen LogP) is 1.28. The molecule has 1 unspecified atom stereocenters. The molecule has 0 radical (unpaired) electrons. The van der Waals surface area contributed by atoms with Crippen LogP contribution in [0.15, 0.2) is 24.3 Å². The zero-order valence-corrected chi connectivity index (χ0v) is 12.9. The van der Waals surface area contributed by atoms with E-state index < -0.39 is 5.60 Å². The number of halogens is 1. The molecule has 1 amide bonds. The van der Waals surface area contributed by atoms with Crippen LogP contribution in [-0.2, 0) is 11.3 Å². The fourth-order valence-corrected chi connectivity index (χ4v) is 3.41. The molecule has 1 aromatic rings. The highest BCUT2D eigenvalue weighted by molar-refractivity contribution is 5.83. The topological polar surface area (TPSA) is 67.6 Å². The van der Waals surface area contributed by atoms with Crippen molar-refractivity contribution in [3.05, 3.63) is 35.6 Å². The average Bonchev–Trinajstić information content (AvgIpc) is 2.95. The molecule has 5 nitrogen and oxygen atoms in total. The number of likely N-dealkylation sites (tertiary alicyclic amines) is 2. The molecule has 2 fully saturated rings. The standard InChI is InChI=1S/C17H20FN3O2/c18-14-5-3-13(4-6-14)10-20-9-1-2-15(20)16(22)21-11-17(23,12-21)7-8-19/h3-6,15,23H,1-2,7,9-12H2. The summed E-state index contributed by atoms with van der Waals surface area (Å²) in [6, 6.07) is 8.11. The summed E-state index contributed by atoms with van der Waals surface area (Å²) in [7, 11) is 0. The third-order valence-electron chi connectivity index (χ3n) is 4.64. The molecule has 122 valence electrons. The minimum absolute atomic E-state index is 0.0206. The highest BCUT2D eigenvalue weighted by atomic mass is 19.1. The number of amides is 1. The number of rotatable bonds is 4. The summed E-state index contributed by atoms with van der Waals surface area (Å²) < 4.78 is 13.0. The third kappa shape index (κ3) is 3.36. The maximum absolute atomic E-state index is 13.0. The molecular formula is C17H20FN3O2. The Morgan fingerprint density at radius 2 is 2.09 bits per heavy atom. The quantitative estimate of drug-likeness (QED) is 0.908. The van der Waals surface area contributed by atoms with Crippen LogP contribution in [0.3, 0.4) is 0 Å². The molecule has 2 aliphatic rings. The van der Waals surface area contributed by atoms with Crippen molar-refractivity contribution >= 4 is 5.91 Å². The predicted molar refractivity (Wildman–Crippen MR) is 81.6 cm³/mol. The normalized spacial score (nSPS) is 23.3. The van der Waals surface area contributed by atoms with Crippen molar-refractivity contribution in [2.75, 3.05) is 19.6 Å². The number of β-amino-alcohol motifs (C(OH)–C–C–N with tert-alkyl or cyclic N) is 1. The maximum Gasteiger partial charge on any atom is 0.240 e. The number of carbonyl (C=O) groups is 1. The molecule has 2 heterocycles. The van der Waals surface area contributed by atoms with Crippen LogP contribution >= 0.6 is 0 Å². The van der Waals surface area contributed by atoms with Crippen LogP contribution in [0, 0.1) is 17.1 Å². The van der Waals surface area contributed by atoms with Crippen LogP contribution in [0.1, 0.15) is 24.8 Å². The van der Waals surface area contributed by atoms with Crippen molar-refractivity contribution in [2.45, 2.75) is 37.5 Å².